The molecule has 0 spiro atoms. The van der Waals surface area contributed by atoms with E-state index < -0.39 is 0 Å². The molecule has 0 radical (unpaired) electrons. The van der Waals surface area contributed by atoms with Crippen LogP contribution in [0.25, 0.3) is 10.9 Å². The minimum atomic E-state index is 0.747. The van der Waals surface area contributed by atoms with Crippen LogP contribution in [0.1, 0.15) is 24.8 Å². The SMILES string of the molecule is C#CCCCn1cc(CCCN)c2ccccc21. The van der Waals surface area contributed by atoms with Crippen molar-refractivity contribution in [1.82, 2.24) is 4.57 Å². The van der Waals surface area contributed by atoms with Gasteiger partial charge in [-0.2, -0.15) is 0 Å². The van der Waals surface area contributed by atoms with Crippen LogP contribution in [0.3, 0.4) is 0 Å². The topological polar surface area (TPSA) is 30.9 Å². The summed E-state index contributed by atoms with van der Waals surface area (Å²) in [5.41, 5.74) is 8.30. The minimum Gasteiger partial charge on any atom is -0.347 e. The lowest BCUT2D eigenvalue weighted by molar-refractivity contribution is 0.673. The predicted octanol–water partition coefficient (Wildman–Crippen LogP) is 2.95. The number of nitrogens with two attached hydrogens (primary N) is 1. The van der Waals surface area contributed by atoms with Gasteiger partial charge in [-0.25, -0.2) is 0 Å². The summed E-state index contributed by atoms with van der Waals surface area (Å²) in [4.78, 5) is 0. The molecule has 0 bridgehead atoms. The number of nitrogens with zero attached hydrogens (tertiary/aromatic N) is 1. The number of aryl methyl sites for hydroxylation is 2. The molecule has 0 saturated carbocycles. The molecule has 2 nitrogen and oxygen atoms in total. The fourth-order valence-electron chi connectivity index (χ4n) is 2.35. The average molecular weight is 240 g/mol. The summed E-state index contributed by atoms with van der Waals surface area (Å²) >= 11 is 0. The van der Waals surface area contributed by atoms with Gasteiger partial charge < -0.3 is 10.3 Å². The van der Waals surface area contributed by atoms with Gasteiger partial charge in [-0.1, -0.05) is 18.2 Å². The maximum Gasteiger partial charge on any atom is 0.0483 e. The van der Waals surface area contributed by atoms with Crippen molar-refractivity contribution in [2.24, 2.45) is 5.73 Å². The second-order valence-electron chi connectivity index (χ2n) is 4.56. The van der Waals surface area contributed by atoms with Gasteiger partial charge in [0.2, 0.25) is 0 Å². The molecule has 0 aliphatic heterocycles. The highest BCUT2D eigenvalue weighted by Gasteiger charge is 2.06. The van der Waals surface area contributed by atoms with Gasteiger partial charge in [-0.05, 0) is 37.4 Å². The van der Waals surface area contributed by atoms with Gasteiger partial charge >= 0.3 is 0 Å². The van der Waals surface area contributed by atoms with Gasteiger partial charge in [-0.3, -0.25) is 0 Å². The van der Waals surface area contributed by atoms with Crippen LogP contribution in [0.4, 0.5) is 0 Å². The summed E-state index contributed by atoms with van der Waals surface area (Å²) in [5, 5.41) is 1.35. The highest BCUT2D eigenvalue weighted by atomic mass is 15.0. The zero-order chi connectivity index (χ0) is 12.8. The fraction of sp³-hybridized carbons (Fsp3) is 0.375. The molecule has 94 valence electrons. The van der Waals surface area contributed by atoms with Crippen LogP contribution < -0.4 is 5.73 Å². The highest BCUT2D eigenvalue weighted by molar-refractivity contribution is 5.83. The van der Waals surface area contributed by atoms with Crippen LogP contribution in [0, 0.1) is 12.3 Å². The molecule has 1 aromatic carbocycles. The number of para-hydroxylation sites is 1. The van der Waals surface area contributed by atoms with Gasteiger partial charge in [0.25, 0.3) is 0 Å². The number of aromatic nitrogens is 1. The molecule has 18 heavy (non-hydrogen) atoms. The van der Waals surface area contributed by atoms with E-state index in [1.165, 1.54) is 16.5 Å². The first-order valence-corrected chi connectivity index (χ1v) is 6.57. The maximum atomic E-state index is 5.60. The first-order chi connectivity index (χ1) is 8.86. The Balaban J connectivity index is 2.26. The van der Waals surface area contributed by atoms with Gasteiger partial charge in [0, 0.05) is 30.1 Å². The van der Waals surface area contributed by atoms with Crippen molar-refractivity contribution in [1.29, 1.82) is 0 Å². The lowest BCUT2D eigenvalue weighted by Crippen LogP contribution is -2.00. The summed E-state index contributed by atoms with van der Waals surface area (Å²) in [7, 11) is 0. The van der Waals surface area contributed by atoms with Crippen LogP contribution in [-0.2, 0) is 13.0 Å². The van der Waals surface area contributed by atoms with Crippen molar-refractivity contribution >= 4 is 10.9 Å². The Labute approximate surface area is 109 Å². The number of hydrogen-bond donors (Lipinski definition) is 1. The summed E-state index contributed by atoms with van der Waals surface area (Å²) in [5.74, 6) is 2.70. The van der Waals surface area contributed by atoms with Crippen molar-refractivity contribution in [3.63, 3.8) is 0 Å². The second-order valence-corrected chi connectivity index (χ2v) is 4.56. The van der Waals surface area contributed by atoms with E-state index in [1.807, 2.05) is 0 Å². The lowest BCUT2D eigenvalue weighted by atomic mass is 10.1. The monoisotopic (exact) mass is 240 g/mol. The molecule has 2 heteroatoms. The third kappa shape index (κ3) is 2.75. The van der Waals surface area contributed by atoms with Crippen LogP contribution in [-0.4, -0.2) is 11.1 Å². The van der Waals surface area contributed by atoms with Gasteiger partial charge in [0.15, 0.2) is 0 Å². The normalized spacial score (nSPS) is 10.7. The van der Waals surface area contributed by atoms with E-state index in [1.54, 1.807) is 0 Å². The molecule has 0 fully saturated rings. The summed E-state index contributed by atoms with van der Waals surface area (Å²) in [6.45, 7) is 1.74. The molecule has 0 aliphatic carbocycles. The summed E-state index contributed by atoms with van der Waals surface area (Å²) in [6, 6.07) is 8.56. The van der Waals surface area contributed by atoms with E-state index in [0.29, 0.717) is 0 Å². The molecule has 1 heterocycles. The Bertz CT molecular complexity index is 546. The van der Waals surface area contributed by atoms with Crippen molar-refractivity contribution in [2.45, 2.75) is 32.2 Å². The van der Waals surface area contributed by atoms with E-state index in [0.717, 1.165) is 38.8 Å². The van der Waals surface area contributed by atoms with E-state index in [-0.39, 0.29) is 0 Å². The number of hydrogen-bond acceptors (Lipinski definition) is 1. The Morgan fingerprint density at radius 2 is 2.06 bits per heavy atom. The summed E-state index contributed by atoms with van der Waals surface area (Å²) in [6.07, 6.45) is 11.5. The Hall–Kier alpha value is -1.72. The Morgan fingerprint density at radius 3 is 2.83 bits per heavy atom. The quantitative estimate of drug-likeness (QED) is 0.611. The molecule has 1 aromatic heterocycles. The molecule has 2 rings (SSSR count). The zero-order valence-corrected chi connectivity index (χ0v) is 10.7. The zero-order valence-electron chi connectivity index (χ0n) is 10.7. The molecule has 2 N–H and O–H groups in total. The number of unbranched alkanes of at least 4 members (excludes halogenated alkanes) is 1. The van der Waals surface area contributed by atoms with E-state index in [4.69, 9.17) is 12.2 Å². The van der Waals surface area contributed by atoms with E-state index >= 15 is 0 Å². The molecule has 0 atom stereocenters. The standard InChI is InChI=1S/C16H20N2/c1-2-3-6-12-18-13-14(8-7-11-17)15-9-4-5-10-16(15)18/h1,4-5,9-10,13H,3,6-8,11-12,17H2. The van der Waals surface area contributed by atoms with E-state index in [2.05, 4.69) is 40.9 Å². The molecule has 0 unspecified atom stereocenters. The van der Waals surface area contributed by atoms with Crippen molar-refractivity contribution < 1.29 is 0 Å². The lowest BCUT2D eigenvalue weighted by Gasteiger charge is -2.02. The molecular weight excluding hydrogens is 220 g/mol. The van der Waals surface area contributed by atoms with Crippen LogP contribution in [0.15, 0.2) is 30.5 Å². The highest BCUT2D eigenvalue weighted by Crippen LogP contribution is 2.22. The number of terminal acetylenes is 1. The maximum absolute atomic E-state index is 5.60. The first-order valence-electron chi connectivity index (χ1n) is 6.57. The first kappa shape index (κ1) is 12.7. The Morgan fingerprint density at radius 1 is 1.22 bits per heavy atom. The molecular formula is C16H20N2. The van der Waals surface area contributed by atoms with Gasteiger partial charge in [0.1, 0.15) is 0 Å². The van der Waals surface area contributed by atoms with Gasteiger partial charge in [0.05, 0.1) is 0 Å². The molecule has 0 aliphatic rings. The Kier molecular flexibility index (Phi) is 4.44. The smallest absolute Gasteiger partial charge is 0.0483 e. The average Bonchev–Trinajstić information content (AvgIpc) is 2.76. The number of benzene rings is 1. The third-order valence-corrected chi connectivity index (χ3v) is 3.24. The molecule has 2 aromatic rings. The third-order valence-electron chi connectivity index (χ3n) is 3.24. The fourth-order valence-corrected chi connectivity index (χ4v) is 2.35. The summed E-state index contributed by atoms with van der Waals surface area (Å²) < 4.78 is 2.32. The number of rotatable bonds is 6. The van der Waals surface area contributed by atoms with Gasteiger partial charge in [-0.15, -0.1) is 12.3 Å². The minimum absolute atomic E-state index is 0.747. The van der Waals surface area contributed by atoms with Crippen molar-refractivity contribution in [3.05, 3.63) is 36.0 Å². The van der Waals surface area contributed by atoms with Crippen molar-refractivity contribution in [3.8, 4) is 12.3 Å². The van der Waals surface area contributed by atoms with Crippen LogP contribution in [0.2, 0.25) is 0 Å². The molecule has 0 saturated heterocycles. The van der Waals surface area contributed by atoms with Crippen molar-refractivity contribution in [2.75, 3.05) is 6.54 Å². The second kappa shape index (κ2) is 6.28. The van der Waals surface area contributed by atoms with Crippen LogP contribution >= 0.6 is 0 Å². The number of fused-ring (bicyclic) bond motifs is 1. The van der Waals surface area contributed by atoms with Crippen LogP contribution in [0.5, 0.6) is 0 Å². The predicted molar refractivity (Wildman–Crippen MR) is 77.4 cm³/mol. The van der Waals surface area contributed by atoms with E-state index in [9.17, 15) is 0 Å². The molecule has 0 amide bonds. The largest absolute Gasteiger partial charge is 0.347 e.